The molecule has 4 nitrogen and oxygen atoms in total. The highest BCUT2D eigenvalue weighted by molar-refractivity contribution is 9.10. The van der Waals surface area contributed by atoms with Crippen molar-refractivity contribution in [2.45, 2.75) is 32.6 Å². The van der Waals surface area contributed by atoms with Gasteiger partial charge in [-0.3, -0.25) is 0 Å². The maximum absolute atomic E-state index is 5.37. The molecule has 3 heterocycles. The molecular weight excluding hydrogens is 294 g/mol. The number of aromatic nitrogens is 3. The van der Waals surface area contributed by atoms with Gasteiger partial charge >= 0.3 is 0 Å². The van der Waals surface area contributed by atoms with Crippen LogP contribution in [0.15, 0.2) is 23.1 Å². The first kappa shape index (κ1) is 13.5. The van der Waals surface area contributed by atoms with Gasteiger partial charge in [0, 0.05) is 19.4 Å². The van der Waals surface area contributed by atoms with Crippen LogP contribution in [0.3, 0.4) is 0 Å². The highest BCUT2D eigenvalue weighted by atomic mass is 79.9. The summed E-state index contributed by atoms with van der Waals surface area (Å²) < 4.78 is 7.83. The third kappa shape index (κ3) is 2.90. The van der Waals surface area contributed by atoms with E-state index in [2.05, 4.69) is 38.3 Å². The fraction of sp³-hybridized carbons (Fsp3) is 0.538. The fourth-order valence-electron chi connectivity index (χ4n) is 2.14. The molecule has 0 bridgehead atoms. The second kappa shape index (κ2) is 6.29. The summed E-state index contributed by atoms with van der Waals surface area (Å²) in [6, 6.07) is 4.16. The standard InChI is InChI=1S/C11H12BrN3O.C2H6/c12-11-13-10-2-1-9(7-15(10)14-11)8-3-5-16-6-4-8;1-2/h1-2,7-8H,3-6H2;1-2H3. The molecule has 3 rings (SSSR count). The van der Waals surface area contributed by atoms with Crippen molar-refractivity contribution in [1.29, 1.82) is 0 Å². The van der Waals surface area contributed by atoms with Crippen molar-refractivity contribution in [3.8, 4) is 0 Å². The molecule has 0 N–H and O–H groups in total. The number of nitrogens with zero attached hydrogens (tertiary/aromatic N) is 3. The van der Waals surface area contributed by atoms with Crippen molar-refractivity contribution < 1.29 is 4.74 Å². The predicted molar refractivity (Wildman–Crippen MR) is 74.8 cm³/mol. The van der Waals surface area contributed by atoms with E-state index in [1.54, 1.807) is 0 Å². The van der Waals surface area contributed by atoms with Crippen molar-refractivity contribution in [3.05, 3.63) is 28.6 Å². The zero-order valence-corrected chi connectivity index (χ0v) is 12.4. The van der Waals surface area contributed by atoms with Crippen molar-refractivity contribution in [3.63, 3.8) is 0 Å². The van der Waals surface area contributed by atoms with E-state index in [1.165, 1.54) is 5.56 Å². The van der Waals surface area contributed by atoms with E-state index >= 15 is 0 Å². The molecule has 0 atom stereocenters. The molecule has 1 saturated heterocycles. The summed E-state index contributed by atoms with van der Waals surface area (Å²) in [7, 11) is 0. The van der Waals surface area contributed by atoms with Crippen LogP contribution in [-0.4, -0.2) is 27.8 Å². The van der Waals surface area contributed by atoms with Crippen LogP contribution >= 0.6 is 15.9 Å². The van der Waals surface area contributed by atoms with Crippen LogP contribution in [0.1, 0.15) is 38.2 Å². The molecule has 0 unspecified atom stereocenters. The maximum atomic E-state index is 5.37. The van der Waals surface area contributed by atoms with Crippen LogP contribution in [0.2, 0.25) is 0 Å². The molecule has 0 spiro atoms. The van der Waals surface area contributed by atoms with Crippen molar-refractivity contribution in [2.75, 3.05) is 13.2 Å². The summed E-state index contributed by atoms with van der Waals surface area (Å²) >= 11 is 3.28. The Labute approximate surface area is 115 Å². The Bertz CT molecular complexity index is 506. The third-order valence-electron chi connectivity index (χ3n) is 3.02. The van der Waals surface area contributed by atoms with Gasteiger partial charge in [0.15, 0.2) is 5.65 Å². The number of fused-ring (bicyclic) bond motifs is 1. The Kier molecular flexibility index (Phi) is 4.72. The summed E-state index contributed by atoms with van der Waals surface area (Å²) in [6.07, 6.45) is 4.27. The van der Waals surface area contributed by atoms with Crippen LogP contribution in [-0.2, 0) is 4.74 Å². The SMILES string of the molecule is Brc1nc2ccc(C3CCOCC3)cn2n1.CC. The van der Waals surface area contributed by atoms with Gasteiger partial charge in [0.1, 0.15) is 0 Å². The first-order valence-electron chi connectivity index (χ1n) is 6.42. The Hall–Kier alpha value is -0.940. The normalized spacial score (nSPS) is 16.4. The van der Waals surface area contributed by atoms with Gasteiger partial charge in [-0.05, 0) is 46.3 Å². The van der Waals surface area contributed by atoms with E-state index in [4.69, 9.17) is 4.74 Å². The smallest absolute Gasteiger partial charge is 0.218 e. The number of hydrogen-bond donors (Lipinski definition) is 0. The molecule has 1 fully saturated rings. The summed E-state index contributed by atoms with van der Waals surface area (Å²) in [6.45, 7) is 5.73. The van der Waals surface area contributed by atoms with Crippen molar-refractivity contribution >= 4 is 21.6 Å². The van der Waals surface area contributed by atoms with E-state index in [0.717, 1.165) is 31.7 Å². The van der Waals surface area contributed by atoms with E-state index in [9.17, 15) is 0 Å². The molecule has 98 valence electrons. The summed E-state index contributed by atoms with van der Waals surface area (Å²) in [5.74, 6) is 0.598. The molecule has 0 amide bonds. The largest absolute Gasteiger partial charge is 0.381 e. The second-order valence-corrected chi connectivity index (χ2v) is 4.74. The first-order chi connectivity index (χ1) is 8.83. The Morgan fingerprint density at radius 1 is 1.28 bits per heavy atom. The minimum Gasteiger partial charge on any atom is -0.381 e. The van der Waals surface area contributed by atoms with Gasteiger partial charge in [-0.1, -0.05) is 19.9 Å². The third-order valence-corrected chi connectivity index (χ3v) is 3.36. The first-order valence-corrected chi connectivity index (χ1v) is 7.22. The van der Waals surface area contributed by atoms with Gasteiger partial charge in [0.2, 0.25) is 4.73 Å². The number of hydrogen-bond acceptors (Lipinski definition) is 3. The summed E-state index contributed by atoms with van der Waals surface area (Å²) in [4.78, 5) is 4.24. The lowest BCUT2D eigenvalue weighted by atomic mass is 9.93. The van der Waals surface area contributed by atoms with Gasteiger partial charge < -0.3 is 4.74 Å². The topological polar surface area (TPSA) is 39.4 Å². The average molecular weight is 312 g/mol. The van der Waals surface area contributed by atoms with E-state index < -0.39 is 0 Å². The molecular formula is C13H18BrN3O. The lowest BCUT2D eigenvalue weighted by Crippen LogP contribution is -2.14. The Balaban J connectivity index is 0.000000574. The zero-order valence-electron chi connectivity index (χ0n) is 10.8. The molecule has 5 heteroatoms. The van der Waals surface area contributed by atoms with Crippen LogP contribution in [0, 0.1) is 0 Å². The monoisotopic (exact) mass is 311 g/mol. The minimum atomic E-state index is 0.598. The van der Waals surface area contributed by atoms with Gasteiger partial charge in [0.25, 0.3) is 0 Å². The molecule has 0 aromatic carbocycles. The summed E-state index contributed by atoms with van der Waals surface area (Å²) in [5.41, 5.74) is 2.20. The number of pyridine rings is 1. The molecule has 0 saturated carbocycles. The summed E-state index contributed by atoms with van der Waals surface area (Å²) in [5, 5.41) is 4.26. The number of halogens is 1. The van der Waals surface area contributed by atoms with Crippen LogP contribution in [0.5, 0.6) is 0 Å². The van der Waals surface area contributed by atoms with Gasteiger partial charge in [0.05, 0.1) is 0 Å². The molecule has 18 heavy (non-hydrogen) atoms. The Morgan fingerprint density at radius 2 is 2.00 bits per heavy atom. The van der Waals surface area contributed by atoms with Gasteiger partial charge in [-0.2, -0.15) is 0 Å². The Morgan fingerprint density at radius 3 is 2.72 bits per heavy atom. The maximum Gasteiger partial charge on any atom is 0.218 e. The molecule has 1 aliphatic heterocycles. The lowest BCUT2D eigenvalue weighted by Gasteiger charge is -2.22. The molecule has 2 aromatic heterocycles. The predicted octanol–water partition coefficient (Wildman–Crippen LogP) is 3.41. The van der Waals surface area contributed by atoms with E-state index in [1.807, 2.05) is 24.4 Å². The highest BCUT2D eigenvalue weighted by Gasteiger charge is 2.16. The minimum absolute atomic E-state index is 0.598. The average Bonchev–Trinajstić information content (AvgIpc) is 2.81. The molecule has 0 radical (unpaired) electrons. The molecule has 0 aliphatic carbocycles. The van der Waals surface area contributed by atoms with Crippen molar-refractivity contribution in [2.24, 2.45) is 0 Å². The quantitative estimate of drug-likeness (QED) is 0.810. The van der Waals surface area contributed by atoms with Crippen LogP contribution in [0.25, 0.3) is 5.65 Å². The zero-order chi connectivity index (χ0) is 13.0. The van der Waals surface area contributed by atoms with E-state index in [0.29, 0.717) is 10.7 Å². The van der Waals surface area contributed by atoms with Crippen molar-refractivity contribution in [1.82, 2.24) is 14.6 Å². The van der Waals surface area contributed by atoms with Crippen LogP contribution < -0.4 is 0 Å². The second-order valence-electron chi connectivity index (χ2n) is 4.03. The fourth-order valence-corrected chi connectivity index (χ4v) is 2.50. The number of rotatable bonds is 1. The molecule has 1 aliphatic rings. The van der Waals surface area contributed by atoms with Gasteiger partial charge in [-0.25, -0.2) is 9.50 Å². The van der Waals surface area contributed by atoms with Gasteiger partial charge in [-0.15, -0.1) is 5.10 Å². The van der Waals surface area contributed by atoms with E-state index in [-0.39, 0.29) is 0 Å². The number of ether oxygens (including phenoxy) is 1. The lowest BCUT2D eigenvalue weighted by molar-refractivity contribution is 0.0852. The highest BCUT2D eigenvalue weighted by Crippen LogP contribution is 2.26. The van der Waals surface area contributed by atoms with Crippen LogP contribution in [0.4, 0.5) is 0 Å². The molecule has 2 aromatic rings.